The number of carbonyl (C=O) groups is 1. The van der Waals surface area contributed by atoms with Crippen molar-refractivity contribution in [2.45, 2.75) is 42.7 Å². The van der Waals surface area contributed by atoms with Gasteiger partial charge in [0.1, 0.15) is 0 Å². The van der Waals surface area contributed by atoms with Crippen molar-refractivity contribution in [3.05, 3.63) is 0 Å². The summed E-state index contributed by atoms with van der Waals surface area (Å²) in [5.74, 6) is 0.211. The van der Waals surface area contributed by atoms with Gasteiger partial charge >= 0.3 is 0 Å². The van der Waals surface area contributed by atoms with Gasteiger partial charge < -0.3 is 10.0 Å². The molecule has 2 rings (SSSR count). The number of aliphatic hydroxyl groups excluding tert-OH is 1. The molecule has 0 spiro atoms. The lowest BCUT2D eigenvalue weighted by molar-refractivity contribution is -0.139. The normalized spacial score (nSPS) is 40.3. The summed E-state index contributed by atoms with van der Waals surface area (Å²) in [5.41, 5.74) is 0. The topological polar surface area (TPSA) is 40.5 Å². The third-order valence-electron chi connectivity index (χ3n) is 2.94. The van der Waals surface area contributed by atoms with Gasteiger partial charge in [0.15, 0.2) is 0 Å². The molecule has 1 amide bonds. The number of rotatable bonds is 1. The van der Waals surface area contributed by atoms with Gasteiger partial charge in [-0.3, -0.25) is 4.79 Å². The van der Waals surface area contributed by atoms with E-state index in [4.69, 9.17) is 5.11 Å². The zero-order valence-electron chi connectivity index (χ0n) is 7.45. The molecule has 1 N–H and O–H groups in total. The molecule has 0 radical (unpaired) electrons. The fourth-order valence-electron chi connectivity index (χ4n) is 2.03. The number of hydrogen-bond donors (Lipinski definition) is 1. The van der Waals surface area contributed by atoms with Crippen molar-refractivity contribution in [2.75, 3.05) is 6.54 Å². The lowest BCUT2D eigenvalue weighted by Gasteiger charge is -2.43. The molecule has 1 atom stereocenters. The van der Waals surface area contributed by atoms with Crippen LogP contribution >= 0.6 is 15.9 Å². The third kappa shape index (κ3) is 1.74. The highest BCUT2D eigenvalue weighted by atomic mass is 79.9. The van der Waals surface area contributed by atoms with E-state index in [0.717, 1.165) is 32.2 Å². The zero-order valence-corrected chi connectivity index (χ0v) is 9.03. The summed E-state index contributed by atoms with van der Waals surface area (Å²) >= 11 is 3.38. The van der Waals surface area contributed by atoms with E-state index in [2.05, 4.69) is 15.9 Å². The summed E-state index contributed by atoms with van der Waals surface area (Å²) in [6.45, 7) is 0.873. The fraction of sp³-hybridized carbons (Fsp3) is 0.889. The molecule has 1 unspecified atom stereocenters. The highest BCUT2D eigenvalue weighted by Gasteiger charge is 2.38. The van der Waals surface area contributed by atoms with Gasteiger partial charge in [-0.25, -0.2) is 0 Å². The van der Waals surface area contributed by atoms with Crippen molar-refractivity contribution in [2.24, 2.45) is 0 Å². The van der Waals surface area contributed by atoms with Crippen molar-refractivity contribution >= 4 is 21.8 Å². The van der Waals surface area contributed by atoms with Gasteiger partial charge in [0.05, 0.1) is 10.9 Å². The van der Waals surface area contributed by atoms with E-state index in [9.17, 15) is 4.79 Å². The number of hydrogen-bond acceptors (Lipinski definition) is 2. The fourth-order valence-corrected chi connectivity index (χ4v) is 2.62. The van der Waals surface area contributed by atoms with Crippen molar-refractivity contribution < 1.29 is 9.90 Å². The highest BCUT2D eigenvalue weighted by Crippen LogP contribution is 2.30. The first-order valence-corrected chi connectivity index (χ1v) is 5.72. The van der Waals surface area contributed by atoms with Crippen LogP contribution in [0.2, 0.25) is 0 Å². The minimum atomic E-state index is -0.173. The second-order valence-electron chi connectivity index (χ2n) is 3.92. The summed E-state index contributed by atoms with van der Waals surface area (Å²) in [4.78, 5) is 13.6. The van der Waals surface area contributed by atoms with Gasteiger partial charge in [-0.1, -0.05) is 15.9 Å². The molecule has 2 aliphatic rings. The maximum Gasteiger partial charge on any atom is 0.236 e. The molecule has 0 aromatic carbocycles. The molecule has 1 saturated carbocycles. The first-order valence-electron chi connectivity index (χ1n) is 4.81. The van der Waals surface area contributed by atoms with E-state index in [1.807, 2.05) is 4.90 Å². The Kier molecular flexibility index (Phi) is 2.60. The molecule has 1 saturated heterocycles. The number of nitrogens with zero attached hydrogens (tertiary/aromatic N) is 1. The first-order chi connectivity index (χ1) is 6.18. The number of carbonyl (C=O) groups excluding carboxylic acids is 1. The van der Waals surface area contributed by atoms with Gasteiger partial charge in [-0.15, -0.1) is 0 Å². The second-order valence-corrected chi connectivity index (χ2v) is 5.03. The zero-order chi connectivity index (χ0) is 9.42. The number of likely N-dealkylation sites (tertiary alicyclic amines) is 1. The number of halogens is 1. The van der Waals surface area contributed by atoms with Gasteiger partial charge in [0.2, 0.25) is 5.91 Å². The largest absolute Gasteiger partial charge is 0.393 e. The first kappa shape index (κ1) is 9.46. The van der Waals surface area contributed by atoms with E-state index in [1.54, 1.807) is 0 Å². The van der Waals surface area contributed by atoms with Crippen LogP contribution in [0.1, 0.15) is 25.7 Å². The van der Waals surface area contributed by atoms with Crippen molar-refractivity contribution in [3.63, 3.8) is 0 Å². The maximum absolute atomic E-state index is 11.7. The van der Waals surface area contributed by atoms with Crippen LogP contribution in [0.4, 0.5) is 0 Å². The quantitative estimate of drug-likeness (QED) is 0.700. The Hall–Kier alpha value is -0.0900. The van der Waals surface area contributed by atoms with E-state index in [1.165, 1.54) is 0 Å². The molecule has 1 aliphatic heterocycles. The SMILES string of the molecule is O=C1C(Br)CCCN1C1CC(O)C1. The molecular formula is C9H14BrNO2. The number of aliphatic hydroxyl groups is 1. The summed E-state index contributed by atoms with van der Waals surface area (Å²) in [7, 11) is 0. The maximum atomic E-state index is 11.7. The molecule has 4 heteroatoms. The van der Waals surface area contributed by atoms with Gasteiger partial charge in [-0.05, 0) is 25.7 Å². The number of amides is 1. The minimum Gasteiger partial charge on any atom is -0.393 e. The summed E-state index contributed by atoms with van der Waals surface area (Å²) in [6.07, 6.45) is 3.39. The second kappa shape index (κ2) is 3.58. The summed E-state index contributed by atoms with van der Waals surface area (Å²) < 4.78 is 0. The monoisotopic (exact) mass is 247 g/mol. The van der Waals surface area contributed by atoms with Crippen molar-refractivity contribution in [3.8, 4) is 0 Å². The standard InChI is InChI=1S/C9H14BrNO2/c10-8-2-1-3-11(9(8)13)6-4-7(12)5-6/h6-8,12H,1-5H2. The van der Waals surface area contributed by atoms with Crippen LogP contribution in [0.15, 0.2) is 0 Å². The van der Waals surface area contributed by atoms with Gasteiger partial charge in [0, 0.05) is 12.6 Å². The minimum absolute atomic E-state index is 0.0130. The van der Waals surface area contributed by atoms with Crippen LogP contribution in [-0.2, 0) is 4.79 Å². The van der Waals surface area contributed by atoms with E-state index >= 15 is 0 Å². The highest BCUT2D eigenvalue weighted by molar-refractivity contribution is 9.10. The Morgan fingerprint density at radius 2 is 2.15 bits per heavy atom. The lowest BCUT2D eigenvalue weighted by Crippen LogP contribution is -2.54. The molecule has 0 bridgehead atoms. The summed E-state index contributed by atoms with van der Waals surface area (Å²) in [5, 5.41) is 9.15. The van der Waals surface area contributed by atoms with Crippen molar-refractivity contribution in [1.82, 2.24) is 4.90 Å². The van der Waals surface area contributed by atoms with Crippen LogP contribution in [0.25, 0.3) is 0 Å². The number of piperidine rings is 1. The predicted octanol–water partition coefficient (Wildman–Crippen LogP) is 0.896. The predicted molar refractivity (Wildman–Crippen MR) is 52.7 cm³/mol. The van der Waals surface area contributed by atoms with Crippen LogP contribution in [-0.4, -0.2) is 39.4 Å². The average molecular weight is 248 g/mol. The lowest BCUT2D eigenvalue weighted by atomic mass is 9.87. The smallest absolute Gasteiger partial charge is 0.236 e. The average Bonchev–Trinajstić information content (AvgIpc) is 2.05. The molecule has 74 valence electrons. The van der Waals surface area contributed by atoms with E-state index < -0.39 is 0 Å². The van der Waals surface area contributed by atoms with Crippen molar-refractivity contribution in [1.29, 1.82) is 0 Å². The Bertz CT molecular complexity index is 216. The van der Waals surface area contributed by atoms with Crippen LogP contribution in [0, 0.1) is 0 Å². The number of alkyl halides is 1. The molecule has 1 heterocycles. The van der Waals surface area contributed by atoms with Gasteiger partial charge in [-0.2, -0.15) is 0 Å². The Balaban J connectivity index is 1.94. The molecule has 2 fully saturated rings. The van der Waals surface area contributed by atoms with Crippen LogP contribution in [0.3, 0.4) is 0 Å². The summed E-state index contributed by atoms with van der Waals surface area (Å²) in [6, 6.07) is 0.308. The molecule has 0 aromatic heterocycles. The molecule has 0 aromatic rings. The Morgan fingerprint density at radius 3 is 2.77 bits per heavy atom. The Labute approximate surface area is 86.2 Å². The van der Waals surface area contributed by atoms with Crippen LogP contribution in [0.5, 0.6) is 0 Å². The van der Waals surface area contributed by atoms with E-state index in [0.29, 0.717) is 6.04 Å². The van der Waals surface area contributed by atoms with E-state index in [-0.39, 0.29) is 16.8 Å². The van der Waals surface area contributed by atoms with Crippen LogP contribution < -0.4 is 0 Å². The third-order valence-corrected chi connectivity index (χ3v) is 3.79. The van der Waals surface area contributed by atoms with Gasteiger partial charge in [0.25, 0.3) is 0 Å². The molecular weight excluding hydrogens is 234 g/mol. The molecule has 1 aliphatic carbocycles. The Morgan fingerprint density at radius 1 is 1.46 bits per heavy atom. The molecule has 13 heavy (non-hydrogen) atoms. The molecule has 3 nitrogen and oxygen atoms in total.